The van der Waals surface area contributed by atoms with Crippen LogP contribution in [0, 0.1) is 17.3 Å². The standard InChI is InChI=1S/C18H34N2O/c1-15(2)16(7-12-19)5-6-17(21)20-13-10-18(11-14-20)8-3-4-9-18/h15-16H,3-14,19H2,1-2H3. The summed E-state index contributed by atoms with van der Waals surface area (Å²) in [5.74, 6) is 1.61. The van der Waals surface area contributed by atoms with Crippen LogP contribution in [0.4, 0.5) is 0 Å². The average Bonchev–Trinajstić information content (AvgIpc) is 2.92. The predicted octanol–water partition coefficient (Wildman–Crippen LogP) is 3.57. The van der Waals surface area contributed by atoms with Crippen LogP contribution >= 0.6 is 0 Å². The molecular formula is C18H34N2O. The van der Waals surface area contributed by atoms with Crippen molar-refractivity contribution in [2.75, 3.05) is 19.6 Å². The van der Waals surface area contributed by atoms with Crippen molar-refractivity contribution in [3.05, 3.63) is 0 Å². The summed E-state index contributed by atoms with van der Waals surface area (Å²) in [6.45, 7) is 7.23. The van der Waals surface area contributed by atoms with Gasteiger partial charge < -0.3 is 10.6 Å². The fourth-order valence-corrected chi connectivity index (χ4v) is 4.35. The van der Waals surface area contributed by atoms with Crippen LogP contribution in [0.25, 0.3) is 0 Å². The number of nitrogens with zero attached hydrogens (tertiary/aromatic N) is 1. The molecule has 1 unspecified atom stereocenters. The molecule has 122 valence electrons. The molecule has 2 rings (SSSR count). The number of carbonyl (C=O) groups is 1. The van der Waals surface area contributed by atoms with Gasteiger partial charge in [0.15, 0.2) is 0 Å². The number of nitrogens with two attached hydrogens (primary N) is 1. The Bertz CT molecular complexity index is 324. The molecule has 1 spiro atoms. The molecule has 1 saturated carbocycles. The Balaban J connectivity index is 1.74. The number of piperidine rings is 1. The highest BCUT2D eigenvalue weighted by Crippen LogP contribution is 2.46. The first-order chi connectivity index (χ1) is 10.1. The third-order valence-electron chi connectivity index (χ3n) is 6.05. The molecule has 0 aromatic rings. The summed E-state index contributed by atoms with van der Waals surface area (Å²) in [4.78, 5) is 14.6. The minimum atomic E-state index is 0.380. The Labute approximate surface area is 130 Å². The van der Waals surface area contributed by atoms with Gasteiger partial charge in [-0.15, -0.1) is 0 Å². The Hall–Kier alpha value is -0.570. The van der Waals surface area contributed by atoms with Crippen molar-refractivity contribution in [2.24, 2.45) is 23.0 Å². The average molecular weight is 294 g/mol. The van der Waals surface area contributed by atoms with Crippen molar-refractivity contribution in [1.29, 1.82) is 0 Å². The van der Waals surface area contributed by atoms with Gasteiger partial charge in [0.25, 0.3) is 0 Å². The second-order valence-electron chi connectivity index (χ2n) is 7.71. The Morgan fingerprint density at radius 2 is 1.71 bits per heavy atom. The zero-order valence-electron chi connectivity index (χ0n) is 14.1. The van der Waals surface area contributed by atoms with E-state index in [0.29, 0.717) is 23.2 Å². The maximum absolute atomic E-state index is 12.4. The monoisotopic (exact) mass is 294 g/mol. The quantitative estimate of drug-likeness (QED) is 0.814. The van der Waals surface area contributed by atoms with E-state index in [1.54, 1.807) is 0 Å². The number of hydrogen-bond acceptors (Lipinski definition) is 2. The highest BCUT2D eigenvalue weighted by atomic mass is 16.2. The lowest BCUT2D eigenvalue weighted by Gasteiger charge is -2.39. The lowest BCUT2D eigenvalue weighted by Crippen LogP contribution is -2.42. The van der Waals surface area contributed by atoms with Crippen molar-refractivity contribution in [3.8, 4) is 0 Å². The first-order valence-electron chi connectivity index (χ1n) is 9.04. The summed E-state index contributed by atoms with van der Waals surface area (Å²) < 4.78 is 0. The van der Waals surface area contributed by atoms with E-state index < -0.39 is 0 Å². The largest absolute Gasteiger partial charge is 0.343 e. The molecule has 1 aliphatic heterocycles. The van der Waals surface area contributed by atoms with Gasteiger partial charge in [-0.25, -0.2) is 0 Å². The minimum Gasteiger partial charge on any atom is -0.343 e. The second-order valence-corrected chi connectivity index (χ2v) is 7.71. The molecule has 21 heavy (non-hydrogen) atoms. The van der Waals surface area contributed by atoms with Gasteiger partial charge in [0.2, 0.25) is 5.91 Å². The van der Waals surface area contributed by atoms with Crippen LogP contribution in [-0.2, 0) is 4.79 Å². The smallest absolute Gasteiger partial charge is 0.222 e. The van der Waals surface area contributed by atoms with E-state index in [-0.39, 0.29) is 0 Å². The lowest BCUT2D eigenvalue weighted by atomic mass is 9.77. The summed E-state index contributed by atoms with van der Waals surface area (Å²) in [5.41, 5.74) is 6.30. The van der Waals surface area contributed by atoms with Crippen molar-refractivity contribution >= 4 is 5.91 Å². The fourth-order valence-electron chi connectivity index (χ4n) is 4.35. The van der Waals surface area contributed by atoms with Gasteiger partial charge >= 0.3 is 0 Å². The number of amides is 1. The first kappa shape index (κ1) is 16.8. The summed E-state index contributed by atoms with van der Waals surface area (Å²) in [6.07, 6.45) is 10.9. The molecule has 1 amide bonds. The Morgan fingerprint density at radius 1 is 1.10 bits per heavy atom. The molecule has 2 N–H and O–H groups in total. The normalized spacial score (nSPS) is 23.0. The van der Waals surface area contributed by atoms with Crippen molar-refractivity contribution in [3.63, 3.8) is 0 Å². The Kier molecular flexibility index (Phi) is 6.09. The van der Waals surface area contributed by atoms with Crippen molar-refractivity contribution in [1.82, 2.24) is 4.90 Å². The van der Waals surface area contributed by atoms with Gasteiger partial charge in [0.1, 0.15) is 0 Å². The molecule has 3 heteroatoms. The van der Waals surface area contributed by atoms with Crippen LogP contribution < -0.4 is 5.73 Å². The second kappa shape index (κ2) is 7.62. The molecule has 1 aliphatic carbocycles. The fraction of sp³-hybridized carbons (Fsp3) is 0.944. The molecule has 0 aromatic heterocycles. The number of carbonyl (C=O) groups excluding carboxylic acids is 1. The van der Waals surface area contributed by atoms with Gasteiger partial charge in [-0.2, -0.15) is 0 Å². The maximum Gasteiger partial charge on any atom is 0.222 e. The number of rotatable bonds is 6. The van der Waals surface area contributed by atoms with E-state index >= 15 is 0 Å². The minimum absolute atomic E-state index is 0.380. The van der Waals surface area contributed by atoms with Crippen molar-refractivity contribution < 1.29 is 4.79 Å². The van der Waals surface area contributed by atoms with Gasteiger partial charge in [0, 0.05) is 19.5 Å². The molecule has 0 radical (unpaired) electrons. The van der Waals surface area contributed by atoms with Crippen LogP contribution in [0.15, 0.2) is 0 Å². The molecule has 2 aliphatic rings. The molecule has 1 saturated heterocycles. The molecule has 2 fully saturated rings. The number of hydrogen-bond donors (Lipinski definition) is 1. The number of likely N-dealkylation sites (tertiary alicyclic amines) is 1. The highest BCUT2D eigenvalue weighted by molar-refractivity contribution is 5.76. The predicted molar refractivity (Wildman–Crippen MR) is 87.9 cm³/mol. The zero-order chi connectivity index (χ0) is 15.3. The van der Waals surface area contributed by atoms with Gasteiger partial charge in [-0.3, -0.25) is 4.79 Å². The van der Waals surface area contributed by atoms with E-state index in [0.717, 1.165) is 38.9 Å². The van der Waals surface area contributed by atoms with Crippen LogP contribution in [0.2, 0.25) is 0 Å². The summed E-state index contributed by atoms with van der Waals surface area (Å²) >= 11 is 0. The van der Waals surface area contributed by atoms with Crippen LogP contribution in [0.3, 0.4) is 0 Å². The van der Waals surface area contributed by atoms with Gasteiger partial charge in [0.05, 0.1) is 0 Å². The summed E-state index contributed by atoms with van der Waals surface area (Å²) in [5, 5.41) is 0. The SMILES string of the molecule is CC(C)C(CCN)CCC(=O)N1CCC2(CCCC2)CC1. The molecule has 0 bridgehead atoms. The summed E-state index contributed by atoms with van der Waals surface area (Å²) in [6, 6.07) is 0. The van der Waals surface area contributed by atoms with E-state index in [1.165, 1.54) is 38.5 Å². The van der Waals surface area contributed by atoms with Crippen LogP contribution in [-0.4, -0.2) is 30.4 Å². The third-order valence-corrected chi connectivity index (χ3v) is 6.05. The van der Waals surface area contributed by atoms with Crippen LogP contribution in [0.5, 0.6) is 0 Å². The van der Waals surface area contributed by atoms with Gasteiger partial charge in [-0.1, -0.05) is 26.7 Å². The van der Waals surface area contributed by atoms with E-state index in [1.807, 2.05) is 0 Å². The van der Waals surface area contributed by atoms with Crippen LogP contribution in [0.1, 0.15) is 71.6 Å². The molecule has 1 heterocycles. The first-order valence-corrected chi connectivity index (χ1v) is 9.04. The Morgan fingerprint density at radius 3 is 2.24 bits per heavy atom. The van der Waals surface area contributed by atoms with E-state index in [2.05, 4.69) is 18.7 Å². The molecular weight excluding hydrogens is 260 g/mol. The van der Waals surface area contributed by atoms with E-state index in [4.69, 9.17) is 5.73 Å². The lowest BCUT2D eigenvalue weighted by molar-refractivity contribution is -0.133. The van der Waals surface area contributed by atoms with Crippen molar-refractivity contribution in [2.45, 2.75) is 71.6 Å². The summed E-state index contributed by atoms with van der Waals surface area (Å²) in [7, 11) is 0. The molecule has 3 nitrogen and oxygen atoms in total. The maximum atomic E-state index is 12.4. The van der Waals surface area contributed by atoms with Gasteiger partial charge in [-0.05, 0) is 62.3 Å². The van der Waals surface area contributed by atoms with E-state index in [9.17, 15) is 4.79 Å². The third kappa shape index (κ3) is 4.45. The molecule has 1 atom stereocenters. The molecule has 0 aromatic carbocycles. The topological polar surface area (TPSA) is 46.3 Å². The zero-order valence-corrected chi connectivity index (χ0v) is 14.1. The highest BCUT2D eigenvalue weighted by Gasteiger charge is 2.37.